The maximum Gasteiger partial charge on any atom is 0.267 e. The lowest BCUT2D eigenvalue weighted by molar-refractivity contribution is -0.131. The van der Waals surface area contributed by atoms with E-state index >= 15 is 0 Å². The predicted octanol–water partition coefficient (Wildman–Crippen LogP) is 1.23. The molecule has 0 aliphatic heterocycles. The van der Waals surface area contributed by atoms with Crippen LogP contribution in [0.2, 0.25) is 0 Å². The number of pyridine rings is 1. The van der Waals surface area contributed by atoms with E-state index in [0.29, 0.717) is 5.56 Å². The summed E-state index contributed by atoms with van der Waals surface area (Å²) in [6, 6.07) is 8.53. The summed E-state index contributed by atoms with van der Waals surface area (Å²) in [7, 11) is 0. The molecule has 0 saturated heterocycles. The smallest absolute Gasteiger partial charge is 0.267 e. The number of nitrogens with one attached hydrogen (secondary N) is 2. The number of nitrogens with zero attached hydrogens (tertiary/aromatic N) is 1. The molecule has 2 unspecified atom stereocenters. The van der Waals surface area contributed by atoms with E-state index in [9.17, 15) is 9.59 Å². The minimum absolute atomic E-state index is 0.350. The molecule has 2 amide bonds. The highest BCUT2D eigenvalue weighted by atomic mass is 16.5. The molecule has 0 aliphatic rings. The monoisotopic (exact) mass is 366 g/mol. The van der Waals surface area contributed by atoms with Crippen molar-refractivity contribution < 1.29 is 14.8 Å². The lowest BCUT2D eigenvalue weighted by Crippen LogP contribution is -2.54. The highest BCUT2D eigenvalue weighted by Gasteiger charge is 2.24. The lowest BCUT2D eigenvalue weighted by Gasteiger charge is -2.20. The molecule has 7 heteroatoms. The zero-order valence-electron chi connectivity index (χ0n) is 15.0. The second-order valence-corrected chi connectivity index (χ2v) is 5.36. The van der Waals surface area contributed by atoms with Gasteiger partial charge >= 0.3 is 0 Å². The van der Waals surface area contributed by atoms with Gasteiger partial charge in [0, 0.05) is 35.1 Å². The fourth-order valence-corrected chi connectivity index (χ4v) is 2.02. The van der Waals surface area contributed by atoms with Gasteiger partial charge in [-0.25, -0.2) is 5.48 Å². The molecule has 1 aromatic heterocycles. The van der Waals surface area contributed by atoms with Crippen molar-refractivity contribution in [3.05, 3.63) is 78.6 Å². The van der Waals surface area contributed by atoms with Crippen LogP contribution in [0.15, 0.2) is 61.9 Å². The van der Waals surface area contributed by atoms with Crippen molar-refractivity contribution >= 4 is 11.8 Å². The van der Waals surface area contributed by atoms with Gasteiger partial charge in [-0.1, -0.05) is 11.8 Å². The molecule has 0 spiro atoms. The molecule has 0 aliphatic carbocycles. The molecule has 7 nitrogen and oxygen atoms in total. The SMILES string of the molecule is C=C.CC(N)C(NC(=O)c1ccc(C#Cc2cccnc2)cc1)C(=O)NO. The van der Waals surface area contributed by atoms with E-state index in [1.807, 2.05) is 6.07 Å². The third-order valence-corrected chi connectivity index (χ3v) is 3.36. The Labute approximate surface area is 158 Å². The van der Waals surface area contributed by atoms with Gasteiger partial charge in [-0.3, -0.25) is 19.8 Å². The van der Waals surface area contributed by atoms with Crippen LogP contribution in [0.1, 0.15) is 28.4 Å². The highest BCUT2D eigenvalue weighted by Crippen LogP contribution is 2.05. The minimum Gasteiger partial charge on any atom is -0.339 e. The number of rotatable bonds is 4. The number of amides is 2. The molecule has 0 radical (unpaired) electrons. The number of hydroxylamine groups is 1. The van der Waals surface area contributed by atoms with Gasteiger partial charge in [0.2, 0.25) is 0 Å². The van der Waals surface area contributed by atoms with Crippen molar-refractivity contribution in [2.75, 3.05) is 0 Å². The molecule has 2 atom stereocenters. The third kappa shape index (κ3) is 6.74. The molecule has 0 bridgehead atoms. The predicted molar refractivity (Wildman–Crippen MR) is 103 cm³/mol. The number of benzene rings is 1. The zero-order valence-corrected chi connectivity index (χ0v) is 15.0. The molecule has 1 heterocycles. The molecular weight excluding hydrogens is 344 g/mol. The Morgan fingerprint density at radius 2 is 1.78 bits per heavy atom. The van der Waals surface area contributed by atoms with Gasteiger partial charge in [0.05, 0.1) is 0 Å². The van der Waals surface area contributed by atoms with Crippen LogP contribution < -0.4 is 16.5 Å². The molecule has 0 saturated carbocycles. The van der Waals surface area contributed by atoms with Crippen LogP contribution in [0, 0.1) is 11.8 Å². The van der Waals surface area contributed by atoms with E-state index in [4.69, 9.17) is 10.9 Å². The van der Waals surface area contributed by atoms with Gasteiger partial charge in [-0.15, -0.1) is 13.2 Å². The summed E-state index contributed by atoms with van der Waals surface area (Å²) in [4.78, 5) is 27.7. The van der Waals surface area contributed by atoms with Crippen LogP contribution in [-0.4, -0.2) is 34.1 Å². The molecule has 0 fully saturated rings. The first-order chi connectivity index (χ1) is 13.0. The van der Waals surface area contributed by atoms with Crippen LogP contribution in [0.4, 0.5) is 0 Å². The van der Waals surface area contributed by atoms with E-state index in [-0.39, 0.29) is 0 Å². The van der Waals surface area contributed by atoms with Crippen molar-refractivity contribution in [1.29, 1.82) is 0 Å². The summed E-state index contributed by atoms with van der Waals surface area (Å²) in [6.07, 6.45) is 3.33. The maximum atomic E-state index is 12.2. The Morgan fingerprint density at radius 1 is 1.15 bits per heavy atom. The maximum absolute atomic E-state index is 12.2. The molecular formula is C20H22N4O3. The van der Waals surface area contributed by atoms with Crippen LogP contribution >= 0.6 is 0 Å². The Hall–Kier alpha value is -3.47. The Bertz CT molecular complexity index is 809. The number of hydrogen-bond acceptors (Lipinski definition) is 5. The van der Waals surface area contributed by atoms with E-state index in [1.54, 1.807) is 49.6 Å². The summed E-state index contributed by atoms with van der Waals surface area (Å²) in [5.74, 6) is 4.69. The minimum atomic E-state index is -1.04. The largest absolute Gasteiger partial charge is 0.339 e. The standard InChI is InChI=1S/C18H18N4O3.C2H4/c1-12(19)16(18(24)22-25)21-17(23)15-8-6-13(7-9-15)4-5-14-3-2-10-20-11-14;1-2/h2-3,6-12,16,25H,19H2,1H3,(H,21,23)(H,22,24);1-2H2. The van der Waals surface area contributed by atoms with Gasteiger partial charge in [-0.2, -0.15) is 0 Å². The summed E-state index contributed by atoms with van der Waals surface area (Å²) < 4.78 is 0. The molecule has 140 valence electrons. The van der Waals surface area contributed by atoms with Gasteiger partial charge in [0.25, 0.3) is 11.8 Å². The number of carbonyl (C=O) groups excluding carboxylic acids is 2. The fourth-order valence-electron chi connectivity index (χ4n) is 2.02. The number of carbonyl (C=O) groups is 2. The lowest BCUT2D eigenvalue weighted by atomic mass is 10.1. The second kappa shape index (κ2) is 11.2. The normalized spacial score (nSPS) is 11.5. The fraction of sp³-hybridized carbons (Fsp3) is 0.150. The van der Waals surface area contributed by atoms with Gasteiger partial charge in [0.15, 0.2) is 0 Å². The van der Waals surface area contributed by atoms with E-state index in [2.05, 4.69) is 35.3 Å². The molecule has 27 heavy (non-hydrogen) atoms. The molecule has 2 rings (SSSR count). The average molecular weight is 366 g/mol. The first-order valence-electron chi connectivity index (χ1n) is 8.04. The van der Waals surface area contributed by atoms with Crippen molar-refractivity contribution in [2.45, 2.75) is 19.0 Å². The topological polar surface area (TPSA) is 117 Å². The van der Waals surface area contributed by atoms with Crippen molar-refractivity contribution in [1.82, 2.24) is 15.8 Å². The van der Waals surface area contributed by atoms with Crippen molar-refractivity contribution in [2.24, 2.45) is 5.73 Å². The Kier molecular flexibility index (Phi) is 8.95. The third-order valence-electron chi connectivity index (χ3n) is 3.36. The molecule has 2 aromatic rings. The first-order valence-corrected chi connectivity index (χ1v) is 8.04. The Balaban J connectivity index is 0.00000176. The first kappa shape index (κ1) is 21.6. The van der Waals surface area contributed by atoms with Crippen LogP contribution in [0.3, 0.4) is 0 Å². The highest BCUT2D eigenvalue weighted by molar-refractivity contribution is 5.97. The second-order valence-electron chi connectivity index (χ2n) is 5.36. The zero-order chi connectivity index (χ0) is 20.2. The van der Waals surface area contributed by atoms with E-state index in [0.717, 1.165) is 11.1 Å². The van der Waals surface area contributed by atoms with Gasteiger partial charge in [-0.05, 0) is 43.3 Å². The summed E-state index contributed by atoms with van der Waals surface area (Å²) in [6.45, 7) is 7.55. The quantitative estimate of drug-likeness (QED) is 0.281. The summed E-state index contributed by atoms with van der Waals surface area (Å²) in [5.41, 5.74) is 9.01. The van der Waals surface area contributed by atoms with Crippen LogP contribution in [0.25, 0.3) is 0 Å². The van der Waals surface area contributed by atoms with Gasteiger partial charge in [0.1, 0.15) is 6.04 Å². The van der Waals surface area contributed by atoms with Crippen molar-refractivity contribution in [3.63, 3.8) is 0 Å². The van der Waals surface area contributed by atoms with E-state index < -0.39 is 23.9 Å². The molecule has 1 aromatic carbocycles. The van der Waals surface area contributed by atoms with E-state index in [1.165, 1.54) is 5.48 Å². The number of aromatic nitrogens is 1. The van der Waals surface area contributed by atoms with Crippen LogP contribution in [-0.2, 0) is 4.79 Å². The van der Waals surface area contributed by atoms with Crippen LogP contribution in [0.5, 0.6) is 0 Å². The Morgan fingerprint density at radius 3 is 2.30 bits per heavy atom. The number of hydrogen-bond donors (Lipinski definition) is 4. The number of nitrogens with two attached hydrogens (primary N) is 1. The summed E-state index contributed by atoms with van der Waals surface area (Å²) in [5, 5.41) is 11.2. The average Bonchev–Trinajstić information content (AvgIpc) is 2.72. The van der Waals surface area contributed by atoms with Crippen molar-refractivity contribution in [3.8, 4) is 11.8 Å². The summed E-state index contributed by atoms with van der Waals surface area (Å²) >= 11 is 0. The van der Waals surface area contributed by atoms with Gasteiger partial charge < -0.3 is 11.1 Å². The molecule has 5 N–H and O–H groups in total.